The molecule has 2 N–H and O–H groups in total. The van der Waals surface area contributed by atoms with Crippen LogP contribution in [-0.4, -0.2) is 24.0 Å². The average Bonchev–Trinajstić information content (AvgIpc) is 3.22. The molecule has 1 heterocycles. The summed E-state index contributed by atoms with van der Waals surface area (Å²) >= 11 is 3.03. The molecule has 1 aromatic rings. The van der Waals surface area contributed by atoms with Crippen LogP contribution < -0.4 is 5.73 Å². The molecule has 0 saturated heterocycles. The number of primary amides is 1. The Labute approximate surface area is 147 Å². The Kier molecular flexibility index (Phi) is 3.33. The van der Waals surface area contributed by atoms with Crippen molar-refractivity contribution in [2.45, 2.75) is 31.1 Å². The lowest BCUT2D eigenvalue weighted by atomic mass is 9.61. The molecule has 0 aromatic carbocycles. The fourth-order valence-electron chi connectivity index (χ4n) is 5.73. The van der Waals surface area contributed by atoms with Gasteiger partial charge >= 0.3 is 5.97 Å². The zero-order chi connectivity index (χ0) is 17.3. The first-order chi connectivity index (χ1) is 11.4. The second-order valence-corrected chi connectivity index (χ2v) is 7.95. The van der Waals surface area contributed by atoms with Crippen molar-refractivity contribution >= 4 is 27.8 Å². The summed E-state index contributed by atoms with van der Waals surface area (Å²) < 4.78 is 19.2. The molecular weight excluding hydrogens is 379 g/mol. The average molecular weight is 397 g/mol. The van der Waals surface area contributed by atoms with Crippen LogP contribution in [0.5, 0.6) is 0 Å². The Morgan fingerprint density at radius 2 is 2.12 bits per heavy atom. The topological polar surface area (TPSA) is 82.3 Å². The minimum atomic E-state index is -1.24. The third-order valence-corrected chi connectivity index (χ3v) is 7.19. The number of hydrogen-bond donors (Lipinski definition) is 1. The normalized spacial score (nSPS) is 35.2. The standard InChI is InChI=1S/C17H18BrFN2O3/c1-24-14(22)12-9-2-3-11(16(9)4-5-16)17(12,15(20)23)8-6-10(19)13(18)21-7-8/h6-7,9,11-12H,2-5H2,1H3,(H2,20,23)/t9-,11+,12+,17-/m1/s1. The van der Waals surface area contributed by atoms with E-state index >= 15 is 0 Å². The van der Waals surface area contributed by atoms with Crippen molar-refractivity contribution in [2.75, 3.05) is 7.11 Å². The van der Waals surface area contributed by atoms with Crippen LogP contribution in [0.25, 0.3) is 0 Å². The fourth-order valence-corrected chi connectivity index (χ4v) is 5.95. The maximum absolute atomic E-state index is 14.1. The molecule has 0 unspecified atom stereocenters. The van der Waals surface area contributed by atoms with Gasteiger partial charge in [0.1, 0.15) is 4.60 Å². The van der Waals surface area contributed by atoms with Crippen molar-refractivity contribution in [3.63, 3.8) is 0 Å². The number of esters is 1. The summed E-state index contributed by atoms with van der Waals surface area (Å²) in [4.78, 5) is 29.3. The van der Waals surface area contributed by atoms with Crippen molar-refractivity contribution in [3.05, 3.63) is 28.2 Å². The van der Waals surface area contributed by atoms with E-state index in [0.29, 0.717) is 5.56 Å². The van der Waals surface area contributed by atoms with Crippen molar-refractivity contribution < 1.29 is 18.7 Å². The summed E-state index contributed by atoms with van der Waals surface area (Å²) in [5.74, 6) is -2.24. The lowest BCUT2D eigenvalue weighted by molar-refractivity contribution is -0.154. The summed E-state index contributed by atoms with van der Waals surface area (Å²) in [7, 11) is 1.32. The first-order valence-electron chi connectivity index (χ1n) is 8.09. The second-order valence-electron chi connectivity index (χ2n) is 7.20. The van der Waals surface area contributed by atoms with E-state index in [1.807, 2.05) is 0 Å². The number of nitrogens with zero attached hydrogens (tertiary/aromatic N) is 1. The van der Waals surface area contributed by atoms with Gasteiger partial charge in [-0.1, -0.05) is 0 Å². The number of methoxy groups -OCH3 is 1. The van der Waals surface area contributed by atoms with Crippen molar-refractivity contribution in [1.82, 2.24) is 4.98 Å². The van der Waals surface area contributed by atoms with Gasteiger partial charge in [0.25, 0.3) is 0 Å². The number of hydrogen-bond acceptors (Lipinski definition) is 4. The number of aromatic nitrogens is 1. The highest BCUT2D eigenvalue weighted by atomic mass is 79.9. The van der Waals surface area contributed by atoms with Crippen LogP contribution in [0.15, 0.2) is 16.9 Å². The van der Waals surface area contributed by atoms with E-state index in [9.17, 15) is 14.0 Å². The van der Waals surface area contributed by atoms with Crippen molar-refractivity contribution in [1.29, 1.82) is 0 Å². The molecule has 24 heavy (non-hydrogen) atoms. The van der Waals surface area contributed by atoms with Gasteiger partial charge in [-0.3, -0.25) is 9.59 Å². The predicted molar refractivity (Wildman–Crippen MR) is 86.2 cm³/mol. The number of rotatable bonds is 3. The SMILES string of the molecule is COC(=O)[C@@H]1[C@H]2CC[C@@H](C23CC3)[C@]1(C(N)=O)c1cnc(Br)c(F)c1. The van der Waals surface area contributed by atoms with E-state index in [1.54, 1.807) is 0 Å². The number of ether oxygens (including phenoxy) is 1. The maximum atomic E-state index is 14.1. The number of nitrogens with two attached hydrogens (primary N) is 1. The highest BCUT2D eigenvalue weighted by Gasteiger charge is 2.78. The van der Waals surface area contributed by atoms with Crippen LogP contribution in [0.3, 0.4) is 0 Å². The summed E-state index contributed by atoms with van der Waals surface area (Å²) in [6, 6.07) is 1.29. The van der Waals surface area contributed by atoms with Gasteiger partial charge in [-0.25, -0.2) is 9.37 Å². The quantitative estimate of drug-likeness (QED) is 0.627. The molecule has 1 aromatic heterocycles. The molecule has 1 spiro atoms. The van der Waals surface area contributed by atoms with Crippen LogP contribution >= 0.6 is 15.9 Å². The highest BCUT2D eigenvalue weighted by molar-refractivity contribution is 9.10. The summed E-state index contributed by atoms with van der Waals surface area (Å²) in [6.07, 6.45) is 5.13. The van der Waals surface area contributed by atoms with E-state index in [2.05, 4.69) is 20.9 Å². The molecule has 7 heteroatoms. The third-order valence-electron chi connectivity index (χ3n) is 6.61. The minimum Gasteiger partial charge on any atom is -0.469 e. The molecule has 3 fully saturated rings. The second kappa shape index (κ2) is 5.00. The van der Waals surface area contributed by atoms with E-state index in [0.717, 1.165) is 25.7 Å². The van der Waals surface area contributed by atoms with E-state index in [4.69, 9.17) is 10.5 Å². The van der Waals surface area contributed by atoms with Gasteiger partial charge in [-0.15, -0.1) is 0 Å². The van der Waals surface area contributed by atoms with Gasteiger partial charge < -0.3 is 10.5 Å². The monoisotopic (exact) mass is 396 g/mol. The lowest BCUT2D eigenvalue weighted by Crippen LogP contribution is -2.54. The molecule has 5 nitrogen and oxygen atoms in total. The van der Waals surface area contributed by atoms with Gasteiger partial charge in [-0.2, -0.15) is 0 Å². The Morgan fingerprint density at radius 1 is 1.42 bits per heavy atom. The maximum Gasteiger partial charge on any atom is 0.310 e. The molecule has 0 aliphatic heterocycles. The predicted octanol–water partition coefficient (Wildman–Crippen LogP) is 2.32. The Morgan fingerprint density at radius 3 is 2.67 bits per heavy atom. The third kappa shape index (κ3) is 1.71. The van der Waals surface area contributed by atoms with Gasteiger partial charge in [0.05, 0.1) is 18.4 Å². The zero-order valence-corrected chi connectivity index (χ0v) is 14.8. The molecule has 1 amide bonds. The van der Waals surface area contributed by atoms with Gasteiger partial charge in [-0.05, 0) is 70.5 Å². The van der Waals surface area contributed by atoms with E-state index < -0.39 is 29.0 Å². The molecule has 128 valence electrons. The summed E-state index contributed by atoms with van der Waals surface area (Å²) in [5.41, 5.74) is 4.99. The van der Waals surface area contributed by atoms with Crippen molar-refractivity contribution in [3.8, 4) is 0 Å². The molecule has 4 atom stereocenters. The number of carbonyl (C=O) groups is 2. The molecule has 3 saturated carbocycles. The number of carbonyl (C=O) groups excluding carboxylic acids is 2. The van der Waals surface area contributed by atoms with Crippen LogP contribution in [0.1, 0.15) is 31.2 Å². The highest BCUT2D eigenvalue weighted by Crippen LogP contribution is 2.78. The van der Waals surface area contributed by atoms with Crippen LogP contribution in [0.2, 0.25) is 0 Å². The van der Waals surface area contributed by atoms with Crippen LogP contribution in [-0.2, 0) is 19.7 Å². The molecule has 3 aliphatic rings. The van der Waals surface area contributed by atoms with E-state index in [-0.39, 0.29) is 21.9 Å². The molecule has 0 radical (unpaired) electrons. The smallest absolute Gasteiger partial charge is 0.310 e. The lowest BCUT2D eigenvalue weighted by Gasteiger charge is -2.40. The fraction of sp³-hybridized carbons (Fsp3) is 0.588. The first-order valence-corrected chi connectivity index (χ1v) is 8.88. The largest absolute Gasteiger partial charge is 0.469 e. The Bertz CT molecular complexity index is 751. The van der Waals surface area contributed by atoms with Crippen LogP contribution in [0.4, 0.5) is 4.39 Å². The number of halogens is 2. The molecule has 4 rings (SSSR count). The molecule has 3 aliphatic carbocycles. The molecular formula is C17H18BrFN2O3. The van der Waals surface area contributed by atoms with Gasteiger partial charge in [0, 0.05) is 6.20 Å². The summed E-state index contributed by atoms with van der Waals surface area (Å²) in [5, 5.41) is 0. The van der Waals surface area contributed by atoms with Gasteiger partial charge in [0.2, 0.25) is 5.91 Å². The number of pyridine rings is 1. The Balaban J connectivity index is 1.96. The Hall–Kier alpha value is -1.50. The minimum absolute atomic E-state index is 0.0303. The van der Waals surface area contributed by atoms with E-state index in [1.165, 1.54) is 19.4 Å². The number of amides is 1. The zero-order valence-electron chi connectivity index (χ0n) is 13.2. The summed E-state index contributed by atoms with van der Waals surface area (Å²) in [6.45, 7) is 0. The first kappa shape index (κ1) is 16.0. The van der Waals surface area contributed by atoms with Gasteiger partial charge in [0.15, 0.2) is 5.82 Å². The molecule has 2 bridgehead atoms. The van der Waals surface area contributed by atoms with Crippen LogP contribution in [0, 0.1) is 29.0 Å². The van der Waals surface area contributed by atoms with Crippen molar-refractivity contribution in [2.24, 2.45) is 28.9 Å².